The summed E-state index contributed by atoms with van der Waals surface area (Å²) >= 11 is 0. The number of aryl methyl sites for hydroxylation is 1. The van der Waals surface area contributed by atoms with Gasteiger partial charge in [0, 0.05) is 0 Å². The van der Waals surface area contributed by atoms with Crippen molar-refractivity contribution in [2.45, 2.75) is 38.2 Å². The van der Waals surface area contributed by atoms with Gasteiger partial charge in [0.25, 0.3) is 0 Å². The van der Waals surface area contributed by atoms with E-state index in [1.165, 1.54) is 0 Å². The number of hydrogen-bond donors (Lipinski definition) is 1. The van der Waals surface area contributed by atoms with Crippen LogP contribution < -0.4 is 0 Å². The van der Waals surface area contributed by atoms with E-state index < -0.39 is 0 Å². The molecule has 1 fully saturated rings. The lowest BCUT2D eigenvalue weighted by Gasteiger charge is -2.16. The van der Waals surface area contributed by atoms with Crippen LogP contribution in [0.3, 0.4) is 0 Å². The van der Waals surface area contributed by atoms with Crippen LogP contribution in [0.1, 0.15) is 31.1 Å². The first-order valence-electron chi connectivity index (χ1n) is 4.39. The molecule has 0 bridgehead atoms. The highest BCUT2D eigenvalue weighted by molar-refractivity contribution is 5.31. The fourth-order valence-corrected chi connectivity index (χ4v) is 1.85. The quantitative estimate of drug-likeness (QED) is 0.729. The molecule has 0 saturated heterocycles. The molecule has 1 N–H and O–H groups in total. The minimum Gasteiger partial charge on any atom is -0.468 e. The van der Waals surface area contributed by atoms with Crippen molar-refractivity contribution in [2.75, 3.05) is 0 Å². The van der Waals surface area contributed by atoms with E-state index in [1.54, 1.807) is 6.26 Å². The molecule has 0 amide bonds. The first-order chi connectivity index (χ1) is 5.67. The number of rotatable bonds is 2. The van der Waals surface area contributed by atoms with Crippen LogP contribution in [0, 0.1) is 6.92 Å². The molecule has 2 nitrogen and oxygen atoms in total. The predicted molar refractivity (Wildman–Crippen MR) is 46.0 cm³/mol. The molecule has 0 spiro atoms. The van der Waals surface area contributed by atoms with E-state index >= 15 is 0 Å². The fourth-order valence-electron chi connectivity index (χ4n) is 1.85. The molecule has 1 aliphatic carbocycles. The number of aliphatic hydroxyl groups is 1. The van der Waals surface area contributed by atoms with E-state index in [9.17, 15) is 5.11 Å². The lowest BCUT2D eigenvalue weighted by molar-refractivity contribution is 0.138. The van der Waals surface area contributed by atoms with Gasteiger partial charge in [-0.15, -0.1) is 0 Å². The maximum absolute atomic E-state index is 9.58. The monoisotopic (exact) mass is 166 g/mol. The van der Waals surface area contributed by atoms with Gasteiger partial charge in [0.2, 0.25) is 0 Å². The molecule has 2 rings (SSSR count). The van der Waals surface area contributed by atoms with E-state index in [4.69, 9.17) is 4.42 Å². The molecule has 1 heterocycles. The zero-order chi connectivity index (χ0) is 8.77. The molecule has 1 atom stereocenters. The van der Waals surface area contributed by atoms with Crippen molar-refractivity contribution >= 4 is 0 Å². The van der Waals surface area contributed by atoms with E-state index in [2.05, 4.69) is 0 Å². The molecule has 1 saturated carbocycles. The Labute approximate surface area is 72.2 Å². The summed E-state index contributed by atoms with van der Waals surface area (Å²) in [5.41, 5.74) is 1.11. The smallest absolute Gasteiger partial charge is 0.115 e. The van der Waals surface area contributed by atoms with Crippen LogP contribution in [0.4, 0.5) is 0 Å². The van der Waals surface area contributed by atoms with Gasteiger partial charge in [0.1, 0.15) is 5.76 Å². The van der Waals surface area contributed by atoms with Crippen LogP contribution in [0.15, 0.2) is 16.7 Å². The van der Waals surface area contributed by atoms with Crippen LogP contribution in [0.5, 0.6) is 0 Å². The second-order valence-electron chi connectivity index (χ2n) is 3.76. The van der Waals surface area contributed by atoms with Crippen LogP contribution in [0.2, 0.25) is 0 Å². The number of aliphatic hydroxyl groups excluding tert-OH is 1. The van der Waals surface area contributed by atoms with Gasteiger partial charge in [0.05, 0.1) is 17.8 Å². The van der Waals surface area contributed by atoms with Crippen molar-refractivity contribution in [1.29, 1.82) is 0 Å². The normalized spacial score (nSPS) is 22.2. The Morgan fingerprint density at radius 3 is 2.58 bits per heavy atom. The van der Waals surface area contributed by atoms with Crippen LogP contribution in [-0.2, 0) is 5.41 Å². The lowest BCUT2D eigenvalue weighted by Crippen LogP contribution is -2.22. The van der Waals surface area contributed by atoms with Gasteiger partial charge >= 0.3 is 0 Å². The molecule has 1 unspecified atom stereocenters. The van der Waals surface area contributed by atoms with Crippen molar-refractivity contribution < 1.29 is 9.52 Å². The second kappa shape index (κ2) is 2.36. The molecule has 1 aromatic heterocycles. The first-order valence-corrected chi connectivity index (χ1v) is 4.39. The predicted octanol–water partition coefficient (Wildman–Crippen LogP) is 2.00. The van der Waals surface area contributed by atoms with Crippen LogP contribution >= 0.6 is 0 Å². The van der Waals surface area contributed by atoms with Gasteiger partial charge in [-0.1, -0.05) is 0 Å². The highest BCUT2D eigenvalue weighted by atomic mass is 16.3. The molecule has 0 aromatic carbocycles. The summed E-state index contributed by atoms with van der Waals surface area (Å²) in [4.78, 5) is 0. The molecule has 0 aliphatic heterocycles. The van der Waals surface area contributed by atoms with Gasteiger partial charge in [-0.25, -0.2) is 0 Å². The van der Waals surface area contributed by atoms with Crippen LogP contribution in [0.25, 0.3) is 0 Å². The minimum absolute atomic E-state index is 0.0480. The Morgan fingerprint density at radius 2 is 2.25 bits per heavy atom. The average molecular weight is 166 g/mol. The van der Waals surface area contributed by atoms with Crippen molar-refractivity contribution in [1.82, 2.24) is 0 Å². The van der Waals surface area contributed by atoms with Crippen molar-refractivity contribution in [3.05, 3.63) is 23.7 Å². The van der Waals surface area contributed by atoms with Crippen molar-refractivity contribution in [3.63, 3.8) is 0 Å². The summed E-state index contributed by atoms with van der Waals surface area (Å²) in [6.45, 7) is 3.87. The largest absolute Gasteiger partial charge is 0.468 e. The third kappa shape index (κ3) is 0.911. The Morgan fingerprint density at radius 1 is 1.58 bits per heavy atom. The fraction of sp³-hybridized carbons (Fsp3) is 0.600. The maximum Gasteiger partial charge on any atom is 0.115 e. The van der Waals surface area contributed by atoms with Gasteiger partial charge in [0.15, 0.2) is 0 Å². The van der Waals surface area contributed by atoms with Gasteiger partial charge in [-0.3, -0.25) is 0 Å². The molecule has 1 aliphatic rings. The first kappa shape index (κ1) is 7.87. The molecule has 12 heavy (non-hydrogen) atoms. The highest BCUT2D eigenvalue weighted by Crippen LogP contribution is 2.52. The molecule has 1 aromatic rings. The topological polar surface area (TPSA) is 33.4 Å². The summed E-state index contributed by atoms with van der Waals surface area (Å²) in [5, 5.41) is 9.58. The van der Waals surface area contributed by atoms with E-state index in [0.29, 0.717) is 0 Å². The number of furan rings is 1. The molecule has 0 radical (unpaired) electrons. The Balaban J connectivity index is 2.36. The summed E-state index contributed by atoms with van der Waals surface area (Å²) in [6.07, 6.45) is 3.52. The zero-order valence-electron chi connectivity index (χ0n) is 7.50. The van der Waals surface area contributed by atoms with Crippen molar-refractivity contribution in [3.8, 4) is 0 Å². The molecule has 66 valence electrons. The standard InChI is InChI=1S/C10H14O2/c1-7-3-6-12-9(7)10(4-5-10)8(2)11/h3,6,8,11H,4-5H2,1-2H3. The minimum atomic E-state index is -0.289. The second-order valence-corrected chi connectivity index (χ2v) is 3.76. The molecular weight excluding hydrogens is 152 g/mol. The van der Waals surface area contributed by atoms with E-state index in [0.717, 1.165) is 24.2 Å². The van der Waals surface area contributed by atoms with Gasteiger partial charge in [-0.05, 0) is 38.3 Å². The molecular formula is C10H14O2. The van der Waals surface area contributed by atoms with E-state index in [-0.39, 0.29) is 11.5 Å². The van der Waals surface area contributed by atoms with Crippen LogP contribution in [-0.4, -0.2) is 11.2 Å². The number of hydrogen-bond acceptors (Lipinski definition) is 2. The Kier molecular flexibility index (Phi) is 1.55. The summed E-state index contributed by atoms with van der Waals surface area (Å²) in [7, 11) is 0. The zero-order valence-corrected chi connectivity index (χ0v) is 7.50. The third-order valence-corrected chi connectivity index (χ3v) is 2.90. The summed E-state index contributed by atoms with van der Waals surface area (Å²) < 4.78 is 5.39. The van der Waals surface area contributed by atoms with Crippen molar-refractivity contribution in [2.24, 2.45) is 0 Å². The lowest BCUT2D eigenvalue weighted by atomic mass is 9.95. The third-order valence-electron chi connectivity index (χ3n) is 2.90. The SMILES string of the molecule is Cc1ccoc1C1(C(C)O)CC1. The average Bonchev–Trinajstić information content (AvgIpc) is 2.71. The van der Waals surface area contributed by atoms with Gasteiger partial charge < -0.3 is 9.52 Å². The summed E-state index contributed by atoms with van der Waals surface area (Å²) in [5.74, 6) is 0.984. The Hall–Kier alpha value is -0.760. The highest BCUT2D eigenvalue weighted by Gasteiger charge is 2.51. The van der Waals surface area contributed by atoms with Gasteiger partial charge in [-0.2, -0.15) is 0 Å². The molecule has 2 heteroatoms. The summed E-state index contributed by atoms with van der Waals surface area (Å²) in [6, 6.07) is 1.96. The maximum atomic E-state index is 9.58. The van der Waals surface area contributed by atoms with E-state index in [1.807, 2.05) is 19.9 Å². The Bertz CT molecular complexity index is 282.